The molecule has 0 bridgehead atoms. The molecule has 0 saturated carbocycles. The van der Waals surface area contributed by atoms with Gasteiger partial charge in [-0.1, -0.05) is 91.0 Å². The Hall–Kier alpha value is -4.29. The molecule has 0 amide bonds. The predicted molar refractivity (Wildman–Crippen MR) is 141 cm³/mol. The molecule has 4 aromatic carbocycles. The van der Waals surface area contributed by atoms with Gasteiger partial charge in [0.05, 0.1) is 11.7 Å². The number of para-hydroxylation sites is 1. The van der Waals surface area contributed by atoms with E-state index < -0.39 is 0 Å². The lowest BCUT2D eigenvalue weighted by molar-refractivity contribution is 0.197. The van der Waals surface area contributed by atoms with Gasteiger partial charge in [0.2, 0.25) is 0 Å². The number of phenols is 1. The lowest BCUT2D eigenvalue weighted by Crippen LogP contribution is -2.31. The average Bonchev–Trinajstić information content (AvgIpc) is 3.35. The van der Waals surface area contributed by atoms with Gasteiger partial charge >= 0.3 is 0 Å². The third kappa shape index (κ3) is 5.04. The summed E-state index contributed by atoms with van der Waals surface area (Å²) in [5.74, 6) is 0.953. The maximum atomic E-state index is 10.0. The van der Waals surface area contributed by atoms with Gasteiger partial charge in [0, 0.05) is 13.1 Å². The number of hydrogen-bond acceptors (Lipinski definition) is 5. The van der Waals surface area contributed by atoms with Crippen molar-refractivity contribution < 1.29 is 5.11 Å². The van der Waals surface area contributed by atoms with Gasteiger partial charge in [0.1, 0.15) is 5.75 Å². The van der Waals surface area contributed by atoms with Gasteiger partial charge < -0.3 is 5.11 Å². The summed E-state index contributed by atoms with van der Waals surface area (Å²) in [5, 5.41) is 23.2. The van der Waals surface area contributed by atoms with Crippen LogP contribution in [0.25, 0.3) is 5.69 Å². The number of hydrogen-bond donors (Lipinski definition) is 1. The summed E-state index contributed by atoms with van der Waals surface area (Å²) >= 11 is 0. The number of nitrogens with zero attached hydrogens (tertiary/aromatic N) is 5. The first-order valence-corrected chi connectivity index (χ1v) is 12.1. The summed E-state index contributed by atoms with van der Waals surface area (Å²) in [6.45, 7) is 5.55. The van der Waals surface area contributed by atoms with Gasteiger partial charge in [-0.15, -0.1) is 5.10 Å². The Bertz CT molecular complexity index is 1350. The standard InChI is InChI=1S/C30H29N5O/c1-22-10-9-11-23(2)28(22)35-30(31-32-33-35)29(26-16-18-27(36)19-17-26)34(20-24-12-5-3-6-13-24)21-25-14-7-4-8-15-25/h3-19,29,36H,20-21H2,1-2H3/t29-/m0/s1. The fourth-order valence-corrected chi connectivity index (χ4v) is 4.72. The molecule has 5 rings (SSSR count). The highest BCUT2D eigenvalue weighted by atomic mass is 16.3. The molecule has 1 N–H and O–H groups in total. The molecule has 0 aliphatic carbocycles. The Balaban J connectivity index is 1.67. The second-order valence-electron chi connectivity index (χ2n) is 9.06. The molecular weight excluding hydrogens is 446 g/mol. The van der Waals surface area contributed by atoms with E-state index in [2.05, 4.69) is 94.9 Å². The molecule has 0 radical (unpaired) electrons. The van der Waals surface area contributed by atoms with Crippen LogP contribution in [-0.2, 0) is 13.1 Å². The molecule has 0 aliphatic rings. The van der Waals surface area contributed by atoms with Crippen LogP contribution in [0.3, 0.4) is 0 Å². The molecule has 1 atom stereocenters. The minimum absolute atomic E-state index is 0.226. The topological polar surface area (TPSA) is 67.1 Å². The largest absolute Gasteiger partial charge is 0.508 e. The molecule has 6 heteroatoms. The average molecular weight is 476 g/mol. The van der Waals surface area contributed by atoms with E-state index in [4.69, 9.17) is 0 Å². The van der Waals surface area contributed by atoms with Gasteiger partial charge in [-0.05, 0) is 64.2 Å². The van der Waals surface area contributed by atoms with Gasteiger partial charge in [0.25, 0.3) is 0 Å². The highest BCUT2D eigenvalue weighted by molar-refractivity contribution is 5.47. The Kier molecular flexibility index (Phi) is 6.87. The van der Waals surface area contributed by atoms with Gasteiger partial charge in [-0.3, -0.25) is 4.90 Å². The first-order chi connectivity index (χ1) is 17.6. The van der Waals surface area contributed by atoms with Crippen LogP contribution in [0.15, 0.2) is 103 Å². The quantitative estimate of drug-likeness (QED) is 0.308. The van der Waals surface area contributed by atoms with Crippen molar-refractivity contribution in [2.75, 3.05) is 0 Å². The predicted octanol–water partition coefficient (Wildman–Crippen LogP) is 5.78. The van der Waals surface area contributed by atoms with Crippen LogP contribution in [0.2, 0.25) is 0 Å². The minimum Gasteiger partial charge on any atom is -0.508 e. The summed E-state index contributed by atoms with van der Waals surface area (Å²) in [5.41, 5.74) is 6.59. The minimum atomic E-state index is -0.264. The molecular formula is C30H29N5O. The zero-order chi connectivity index (χ0) is 24.9. The van der Waals surface area contributed by atoms with Gasteiger partial charge in [-0.2, -0.15) is 4.68 Å². The van der Waals surface area contributed by atoms with Crippen molar-refractivity contribution in [3.05, 3.63) is 137 Å². The first-order valence-electron chi connectivity index (χ1n) is 12.1. The number of rotatable bonds is 8. The van der Waals surface area contributed by atoms with Gasteiger partial charge in [0.15, 0.2) is 5.82 Å². The molecule has 0 saturated heterocycles. The van der Waals surface area contributed by atoms with Crippen LogP contribution >= 0.6 is 0 Å². The molecule has 0 fully saturated rings. The molecule has 1 aromatic heterocycles. The van der Waals surface area contributed by atoms with Crippen LogP contribution in [-0.4, -0.2) is 30.2 Å². The first kappa shape index (κ1) is 23.5. The van der Waals surface area contributed by atoms with Crippen molar-refractivity contribution in [2.45, 2.75) is 33.0 Å². The zero-order valence-electron chi connectivity index (χ0n) is 20.5. The Morgan fingerprint density at radius 2 is 1.28 bits per heavy atom. The lowest BCUT2D eigenvalue weighted by Gasteiger charge is -2.32. The lowest BCUT2D eigenvalue weighted by atomic mass is 10.0. The molecule has 5 aromatic rings. The van der Waals surface area contributed by atoms with E-state index >= 15 is 0 Å². The number of phenolic OH excluding ortho intramolecular Hbond substituents is 1. The maximum absolute atomic E-state index is 10.0. The fourth-order valence-electron chi connectivity index (χ4n) is 4.72. The molecule has 6 nitrogen and oxygen atoms in total. The Labute approximate surface area is 211 Å². The fraction of sp³-hybridized carbons (Fsp3) is 0.167. The normalized spacial score (nSPS) is 12.1. The molecule has 180 valence electrons. The molecule has 0 aliphatic heterocycles. The summed E-state index contributed by atoms with van der Waals surface area (Å²) in [6.07, 6.45) is 0. The summed E-state index contributed by atoms with van der Waals surface area (Å²) in [4.78, 5) is 2.38. The Morgan fingerprint density at radius 3 is 1.83 bits per heavy atom. The van der Waals surface area contributed by atoms with E-state index in [1.165, 1.54) is 11.1 Å². The number of tetrazole rings is 1. The van der Waals surface area contributed by atoms with Crippen molar-refractivity contribution in [1.29, 1.82) is 0 Å². The summed E-state index contributed by atoms with van der Waals surface area (Å²) < 4.78 is 1.87. The summed E-state index contributed by atoms with van der Waals surface area (Å²) in [7, 11) is 0. The third-order valence-electron chi connectivity index (χ3n) is 6.42. The van der Waals surface area contributed by atoms with Crippen molar-refractivity contribution >= 4 is 0 Å². The van der Waals surface area contributed by atoms with Crippen molar-refractivity contribution in [3.63, 3.8) is 0 Å². The van der Waals surface area contributed by atoms with E-state index in [0.29, 0.717) is 13.1 Å². The van der Waals surface area contributed by atoms with Crippen molar-refractivity contribution in [3.8, 4) is 11.4 Å². The molecule has 0 spiro atoms. The number of aryl methyl sites for hydroxylation is 2. The van der Waals surface area contributed by atoms with E-state index in [0.717, 1.165) is 28.2 Å². The van der Waals surface area contributed by atoms with E-state index in [1.807, 2.05) is 35.0 Å². The SMILES string of the molecule is Cc1cccc(C)c1-n1nnnc1[C@H](c1ccc(O)cc1)N(Cc1ccccc1)Cc1ccccc1. The van der Waals surface area contributed by atoms with Crippen molar-refractivity contribution in [1.82, 2.24) is 25.1 Å². The summed E-state index contributed by atoms with van der Waals surface area (Å²) in [6, 6.07) is 34.2. The van der Waals surface area contributed by atoms with E-state index in [1.54, 1.807) is 12.1 Å². The second-order valence-corrected chi connectivity index (χ2v) is 9.06. The maximum Gasteiger partial charge on any atom is 0.178 e. The van der Waals surface area contributed by atoms with Gasteiger partial charge in [-0.25, -0.2) is 0 Å². The molecule has 1 heterocycles. The van der Waals surface area contributed by atoms with E-state index in [9.17, 15) is 5.11 Å². The molecule has 36 heavy (non-hydrogen) atoms. The molecule has 0 unspecified atom stereocenters. The van der Waals surface area contributed by atoms with E-state index in [-0.39, 0.29) is 11.8 Å². The van der Waals surface area contributed by atoms with Crippen LogP contribution in [0.4, 0.5) is 0 Å². The zero-order valence-corrected chi connectivity index (χ0v) is 20.5. The van der Waals surface area contributed by atoms with Crippen LogP contribution in [0.5, 0.6) is 5.75 Å². The number of benzene rings is 4. The second kappa shape index (κ2) is 10.5. The highest BCUT2D eigenvalue weighted by Crippen LogP contribution is 2.33. The van der Waals surface area contributed by atoms with Crippen LogP contribution < -0.4 is 0 Å². The van der Waals surface area contributed by atoms with Crippen molar-refractivity contribution in [2.24, 2.45) is 0 Å². The third-order valence-corrected chi connectivity index (χ3v) is 6.42. The smallest absolute Gasteiger partial charge is 0.178 e. The number of aromatic hydroxyl groups is 1. The Morgan fingerprint density at radius 1 is 0.722 bits per heavy atom. The van der Waals surface area contributed by atoms with Crippen LogP contribution in [0, 0.1) is 13.8 Å². The monoisotopic (exact) mass is 475 g/mol. The van der Waals surface area contributed by atoms with Crippen LogP contribution in [0.1, 0.15) is 39.7 Å². The highest BCUT2D eigenvalue weighted by Gasteiger charge is 2.29. The number of aromatic nitrogens is 4.